The summed E-state index contributed by atoms with van der Waals surface area (Å²) in [4.78, 5) is 15.9. The summed E-state index contributed by atoms with van der Waals surface area (Å²) in [6.07, 6.45) is 1.17. The van der Waals surface area contributed by atoms with Gasteiger partial charge in [-0.1, -0.05) is 17.9 Å². The van der Waals surface area contributed by atoms with Crippen molar-refractivity contribution >= 4 is 6.09 Å². The van der Waals surface area contributed by atoms with Crippen molar-refractivity contribution in [2.45, 2.75) is 12.1 Å². The van der Waals surface area contributed by atoms with Crippen LogP contribution in [0.15, 0.2) is 60.9 Å². The predicted molar refractivity (Wildman–Crippen MR) is 98.1 cm³/mol. The lowest BCUT2D eigenvalue weighted by molar-refractivity contribution is 0.130. The molecule has 4 rings (SSSR count). The van der Waals surface area contributed by atoms with Crippen LogP contribution >= 0.6 is 0 Å². The average Bonchev–Trinajstić information content (AvgIpc) is 3.10. The molecule has 2 atom stereocenters. The molecule has 144 valence electrons. The van der Waals surface area contributed by atoms with E-state index in [4.69, 9.17) is 4.74 Å². The third-order valence-electron chi connectivity index (χ3n) is 4.37. The molecule has 0 aliphatic carbocycles. The summed E-state index contributed by atoms with van der Waals surface area (Å²) >= 11 is 0. The molecule has 2 heterocycles. The molecule has 1 aromatic heterocycles. The zero-order chi connectivity index (χ0) is 20.4. The average molecular weight is 394 g/mol. The highest BCUT2D eigenvalue weighted by molar-refractivity contribution is 5.71. The lowest BCUT2D eigenvalue weighted by Gasteiger charge is -2.18. The number of alkyl carbamates (subject to hydrolysis) is 1. The van der Waals surface area contributed by atoms with Crippen LogP contribution in [-0.2, 0) is 4.74 Å². The Balaban J connectivity index is 1.66. The minimum atomic E-state index is -1.06. The summed E-state index contributed by atoms with van der Waals surface area (Å²) in [5.74, 6) is 3.98. The van der Waals surface area contributed by atoms with Gasteiger partial charge in [-0.2, -0.15) is 0 Å². The van der Waals surface area contributed by atoms with Gasteiger partial charge in [0.1, 0.15) is 23.5 Å². The third kappa shape index (κ3) is 4.06. The second-order valence-electron chi connectivity index (χ2n) is 6.38. The first-order valence-electron chi connectivity index (χ1n) is 8.64. The monoisotopic (exact) mass is 394 g/mol. The Labute approximate surface area is 164 Å². The van der Waals surface area contributed by atoms with E-state index in [1.54, 1.807) is 18.2 Å². The van der Waals surface area contributed by atoms with Crippen molar-refractivity contribution in [2.75, 3.05) is 0 Å². The predicted octanol–water partition coefficient (Wildman–Crippen LogP) is 4.42. The van der Waals surface area contributed by atoms with E-state index < -0.39 is 35.7 Å². The molecule has 3 aromatic rings. The molecular formula is C22H13F3N2O2. The number of nitrogens with one attached hydrogen (secondary N) is 1. The summed E-state index contributed by atoms with van der Waals surface area (Å²) in [5, 5.41) is 2.59. The Bertz CT molecular complexity index is 1150. The van der Waals surface area contributed by atoms with Crippen molar-refractivity contribution in [1.82, 2.24) is 10.3 Å². The van der Waals surface area contributed by atoms with Crippen LogP contribution in [0.25, 0.3) is 0 Å². The molecule has 0 radical (unpaired) electrons. The molecule has 1 fully saturated rings. The molecule has 29 heavy (non-hydrogen) atoms. The number of nitrogens with zero attached hydrogens (tertiary/aromatic N) is 1. The molecule has 0 saturated carbocycles. The van der Waals surface area contributed by atoms with Gasteiger partial charge >= 0.3 is 6.09 Å². The van der Waals surface area contributed by atoms with Gasteiger partial charge in [-0.05, 0) is 48.0 Å². The van der Waals surface area contributed by atoms with Crippen molar-refractivity contribution in [3.63, 3.8) is 0 Å². The maximum absolute atomic E-state index is 14.2. The van der Waals surface area contributed by atoms with Gasteiger partial charge in [0, 0.05) is 29.1 Å². The van der Waals surface area contributed by atoms with Gasteiger partial charge in [-0.25, -0.2) is 18.0 Å². The maximum atomic E-state index is 14.2. The van der Waals surface area contributed by atoms with Crippen molar-refractivity contribution in [2.24, 2.45) is 0 Å². The standard InChI is InChI=1S/C22H13F3N2O2/c23-16-3-1-2-13(9-16)4-5-14-8-15(12-26-11-14)20-21(29-22(28)27-20)18-10-17(24)6-7-19(18)25/h1-3,6-12,20-21H,(H,27,28). The van der Waals surface area contributed by atoms with E-state index in [9.17, 15) is 18.0 Å². The highest BCUT2D eigenvalue weighted by Crippen LogP contribution is 2.37. The van der Waals surface area contributed by atoms with Crippen LogP contribution in [0.1, 0.15) is 34.4 Å². The van der Waals surface area contributed by atoms with Gasteiger partial charge in [0.25, 0.3) is 0 Å². The molecule has 2 aromatic carbocycles. The molecule has 1 aliphatic rings. The van der Waals surface area contributed by atoms with E-state index in [0.717, 1.165) is 18.2 Å². The van der Waals surface area contributed by atoms with Gasteiger partial charge in [0.05, 0.1) is 0 Å². The molecule has 1 saturated heterocycles. The normalized spacial score (nSPS) is 17.8. The van der Waals surface area contributed by atoms with Crippen molar-refractivity contribution < 1.29 is 22.7 Å². The maximum Gasteiger partial charge on any atom is 0.408 e. The number of halogens is 3. The Hall–Kier alpha value is -3.79. The van der Waals surface area contributed by atoms with Crippen LogP contribution in [0, 0.1) is 29.3 Å². The third-order valence-corrected chi connectivity index (χ3v) is 4.37. The molecule has 2 unspecified atom stereocenters. The van der Waals surface area contributed by atoms with Gasteiger partial charge in [0.2, 0.25) is 0 Å². The molecule has 0 bridgehead atoms. The zero-order valence-electron chi connectivity index (χ0n) is 14.8. The van der Waals surface area contributed by atoms with Gasteiger partial charge in [0.15, 0.2) is 6.10 Å². The molecule has 7 heteroatoms. The fourth-order valence-electron chi connectivity index (χ4n) is 3.06. The molecule has 1 N–H and O–H groups in total. The largest absolute Gasteiger partial charge is 0.439 e. The highest BCUT2D eigenvalue weighted by Gasteiger charge is 2.38. The topological polar surface area (TPSA) is 51.2 Å². The first kappa shape index (κ1) is 18.6. The second-order valence-corrected chi connectivity index (χ2v) is 6.38. The number of amides is 1. The van der Waals surface area contributed by atoms with Crippen molar-refractivity contribution in [3.8, 4) is 11.8 Å². The molecule has 1 aliphatic heterocycles. The quantitative estimate of drug-likeness (QED) is 0.655. The van der Waals surface area contributed by atoms with E-state index in [1.165, 1.54) is 24.5 Å². The summed E-state index contributed by atoms with van der Waals surface area (Å²) < 4.78 is 46.2. The summed E-state index contributed by atoms with van der Waals surface area (Å²) in [7, 11) is 0. The van der Waals surface area contributed by atoms with Gasteiger partial charge in [-0.3, -0.25) is 4.98 Å². The Morgan fingerprint density at radius 3 is 2.55 bits per heavy atom. The summed E-state index contributed by atoms with van der Waals surface area (Å²) in [6.45, 7) is 0. The van der Waals surface area contributed by atoms with Crippen LogP contribution in [0.3, 0.4) is 0 Å². The molecule has 1 amide bonds. The van der Waals surface area contributed by atoms with Gasteiger partial charge in [-0.15, -0.1) is 0 Å². The zero-order valence-corrected chi connectivity index (χ0v) is 14.8. The number of aromatic nitrogens is 1. The van der Waals surface area contributed by atoms with E-state index in [-0.39, 0.29) is 5.56 Å². The number of benzene rings is 2. The summed E-state index contributed by atoms with van der Waals surface area (Å²) in [6, 6.07) is 9.69. The van der Waals surface area contributed by atoms with E-state index in [0.29, 0.717) is 16.7 Å². The van der Waals surface area contributed by atoms with E-state index in [1.807, 2.05) is 0 Å². The van der Waals surface area contributed by atoms with Gasteiger partial charge < -0.3 is 10.1 Å². The van der Waals surface area contributed by atoms with Crippen LogP contribution in [0.5, 0.6) is 0 Å². The van der Waals surface area contributed by atoms with Crippen LogP contribution in [0.4, 0.5) is 18.0 Å². The Morgan fingerprint density at radius 1 is 0.931 bits per heavy atom. The Morgan fingerprint density at radius 2 is 1.72 bits per heavy atom. The minimum absolute atomic E-state index is 0.0791. The van der Waals surface area contributed by atoms with Crippen LogP contribution < -0.4 is 5.32 Å². The fraction of sp³-hybridized carbons (Fsp3) is 0.0909. The molecular weight excluding hydrogens is 381 g/mol. The summed E-state index contributed by atoms with van der Waals surface area (Å²) in [5.41, 5.74) is 1.43. The van der Waals surface area contributed by atoms with Crippen molar-refractivity contribution in [1.29, 1.82) is 0 Å². The fourth-order valence-corrected chi connectivity index (χ4v) is 3.06. The number of hydrogen-bond acceptors (Lipinski definition) is 3. The number of pyridine rings is 1. The van der Waals surface area contributed by atoms with Crippen LogP contribution in [-0.4, -0.2) is 11.1 Å². The Kier molecular flexibility index (Phi) is 4.92. The number of carbonyl (C=O) groups is 1. The lowest BCUT2D eigenvalue weighted by atomic mass is 9.96. The number of rotatable bonds is 2. The van der Waals surface area contributed by atoms with Crippen molar-refractivity contribution in [3.05, 3.63) is 101 Å². The number of hydrogen-bond donors (Lipinski definition) is 1. The SMILES string of the molecule is O=C1NC(c2cncc(C#Cc3cccc(F)c3)c2)C(c2cc(F)ccc2F)O1. The second kappa shape index (κ2) is 7.68. The number of carbonyl (C=O) groups excluding carboxylic acids is 1. The van der Waals surface area contributed by atoms with E-state index in [2.05, 4.69) is 22.1 Å². The number of cyclic esters (lactones) is 1. The van der Waals surface area contributed by atoms with E-state index >= 15 is 0 Å². The molecule has 0 spiro atoms. The smallest absolute Gasteiger partial charge is 0.408 e. The number of ether oxygens (including phenoxy) is 1. The molecule has 4 nitrogen and oxygen atoms in total. The first-order valence-corrected chi connectivity index (χ1v) is 8.64. The van der Waals surface area contributed by atoms with Crippen LogP contribution in [0.2, 0.25) is 0 Å². The highest BCUT2D eigenvalue weighted by atomic mass is 19.1. The minimum Gasteiger partial charge on any atom is -0.439 e. The lowest BCUT2D eigenvalue weighted by Crippen LogP contribution is -2.20. The first-order chi connectivity index (χ1) is 14.0.